The van der Waals surface area contributed by atoms with Gasteiger partial charge in [0.05, 0.1) is 11.6 Å². The van der Waals surface area contributed by atoms with Gasteiger partial charge in [-0.1, -0.05) is 6.07 Å². The van der Waals surface area contributed by atoms with Crippen LogP contribution in [0.3, 0.4) is 0 Å². The van der Waals surface area contributed by atoms with Crippen LogP contribution in [0.5, 0.6) is 0 Å². The molecule has 17 heavy (non-hydrogen) atoms. The minimum absolute atomic E-state index is 0.0362. The Kier molecular flexibility index (Phi) is 2.83. The van der Waals surface area contributed by atoms with Gasteiger partial charge in [-0.2, -0.15) is 0 Å². The van der Waals surface area contributed by atoms with Gasteiger partial charge in [0.15, 0.2) is 0 Å². The average Bonchev–Trinajstić information content (AvgIpc) is 2.64. The van der Waals surface area contributed by atoms with E-state index in [1.807, 2.05) is 0 Å². The molecule has 5 heteroatoms. The number of carbonyl (C=O) groups is 2. The lowest BCUT2D eigenvalue weighted by molar-refractivity contribution is -0.141. The van der Waals surface area contributed by atoms with E-state index in [0.29, 0.717) is 0 Å². The first-order valence-corrected chi connectivity index (χ1v) is 5.28. The van der Waals surface area contributed by atoms with Crippen molar-refractivity contribution in [3.8, 4) is 0 Å². The van der Waals surface area contributed by atoms with Crippen molar-refractivity contribution in [1.29, 1.82) is 0 Å². The second-order valence-corrected chi connectivity index (χ2v) is 4.20. The number of carbonyl (C=O) groups excluding carboxylic acids is 1. The Hall–Kier alpha value is -1.91. The summed E-state index contributed by atoms with van der Waals surface area (Å²) >= 11 is 0. The van der Waals surface area contributed by atoms with Crippen LogP contribution in [0.15, 0.2) is 18.2 Å². The average molecular weight is 237 g/mol. The fourth-order valence-corrected chi connectivity index (χ4v) is 1.94. The first kappa shape index (κ1) is 11.6. The third-order valence-corrected chi connectivity index (χ3v) is 2.87. The van der Waals surface area contributed by atoms with Gasteiger partial charge in [-0.25, -0.2) is 4.39 Å². The van der Waals surface area contributed by atoms with Gasteiger partial charge in [0.25, 0.3) is 0 Å². The first-order valence-electron chi connectivity index (χ1n) is 5.28. The highest BCUT2D eigenvalue weighted by molar-refractivity contribution is 5.99. The van der Waals surface area contributed by atoms with E-state index in [1.54, 1.807) is 19.1 Å². The summed E-state index contributed by atoms with van der Waals surface area (Å²) in [6, 6.07) is 4.44. The number of hydrogen-bond acceptors (Lipinski definition) is 2. The molecule has 90 valence electrons. The zero-order chi connectivity index (χ0) is 12.6. The van der Waals surface area contributed by atoms with Gasteiger partial charge in [0.1, 0.15) is 5.82 Å². The summed E-state index contributed by atoms with van der Waals surface area (Å²) in [4.78, 5) is 23.7. The highest BCUT2D eigenvalue weighted by Gasteiger charge is 2.36. The highest BCUT2D eigenvalue weighted by Crippen LogP contribution is 2.28. The van der Waals surface area contributed by atoms with Crippen molar-refractivity contribution in [3.05, 3.63) is 29.6 Å². The van der Waals surface area contributed by atoms with E-state index in [9.17, 15) is 14.0 Å². The molecule has 0 spiro atoms. The molecule has 1 saturated heterocycles. The summed E-state index contributed by atoms with van der Waals surface area (Å²) in [6.07, 6.45) is -0.0668. The van der Waals surface area contributed by atoms with E-state index >= 15 is 0 Å². The van der Waals surface area contributed by atoms with Crippen LogP contribution in [0.1, 0.15) is 12.0 Å². The van der Waals surface area contributed by atoms with Crippen LogP contribution >= 0.6 is 0 Å². The number of carboxylic acids is 1. The van der Waals surface area contributed by atoms with Gasteiger partial charge in [-0.05, 0) is 24.6 Å². The number of benzene rings is 1. The van der Waals surface area contributed by atoms with Crippen molar-refractivity contribution in [1.82, 2.24) is 0 Å². The van der Waals surface area contributed by atoms with Crippen molar-refractivity contribution in [2.24, 2.45) is 5.92 Å². The number of amides is 1. The Labute approximate surface area is 97.7 Å². The van der Waals surface area contributed by atoms with Gasteiger partial charge in [-0.15, -0.1) is 0 Å². The number of anilines is 1. The standard InChI is InChI=1S/C12H12FNO3/c1-7-2-3-9(13)10(4-7)14-6-8(12(16)17)5-11(14)15/h2-4,8H,5-6H2,1H3,(H,16,17). The maximum atomic E-state index is 13.6. The number of nitrogens with zero attached hydrogens (tertiary/aromatic N) is 1. The van der Waals surface area contributed by atoms with Crippen LogP contribution in [0.4, 0.5) is 10.1 Å². The maximum absolute atomic E-state index is 13.6. The predicted molar refractivity (Wildman–Crippen MR) is 59.2 cm³/mol. The quantitative estimate of drug-likeness (QED) is 0.849. The summed E-state index contributed by atoms with van der Waals surface area (Å²) in [7, 11) is 0. The summed E-state index contributed by atoms with van der Waals surface area (Å²) in [5.74, 6) is -2.62. The van der Waals surface area contributed by atoms with Crippen molar-refractivity contribution < 1.29 is 19.1 Å². The summed E-state index contributed by atoms with van der Waals surface area (Å²) < 4.78 is 13.6. The van der Waals surface area contributed by atoms with E-state index in [1.165, 1.54) is 11.0 Å². The van der Waals surface area contributed by atoms with Gasteiger partial charge < -0.3 is 10.0 Å². The number of aryl methyl sites for hydroxylation is 1. The van der Waals surface area contributed by atoms with Crippen molar-refractivity contribution in [2.45, 2.75) is 13.3 Å². The Morgan fingerprint density at radius 1 is 1.53 bits per heavy atom. The SMILES string of the molecule is Cc1ccc(F)c(N2CC(C(=O)O)CC2=O)c1. The molecule has 2 rings (SSSR count). The number of hydrogen-bond donors (Lipinski definition) is 1. The molecule has 1 atom stereocenters. The van der Waals surface area contributed by atoms with E-state index in [-0.39, 0.29) is 24.6 Å². The van der Waals surface area contributed by atoms with Crippen molar-refractivity contribution >= 4 is 17.6 Å². The van der Waals surface area contributed by atoms with E-state index in [2.05, 4.69) is 0 Å². The smallest absolute Gasteiger partial charge is 0.308 e. The van der Waals surface area contributed by atoms with E-state index in [0.717, 1.165) is 5.56 Å². The fraction of sp³-hybridized carbons (Fsp3) is 0.333. The normalized spacial score (nSPS) is 19.8. The molecule has 0 aliphatic carbocycles. The van der Waals surface area contributed by atoms with Crippen LogP contribution in [0.25, 0.3) is 0 Å². The molecular formula is C12H12FNO3. The maximum Gasteiger partial charge on any atom is 0.308 e. The minimum Gasteiger partial charge on any atom is -0.481 e. The lowest BCUT2D eigenvalue weighted by atomic mass is 10.1. The molecule has 4 nitrogen and oxygen atoms in total. The second-order valence-electron chi connectivity index (χ2n) is 4.20. The fourth-order valence-electron chi connectivity index (χ4n) is 1.94. The molecular weight excluding hydrogens is 225 g/mol. The Morgan fingerprint density at radius 2 is 2.24 bits per heavy atom. The largest absolute Gasteiger partial charge is 0.481 e. The van der Waals surface area contributed by atoms with Crippen LogP contribution < -0.4 is 4.90 Å². The van der Waals surface area contributed by atoms with Crippen LogP contribution in [-0.4, -0.2) is 23.5 Å². The molecule has 1 aromatic carbocycles. The lowest BCUT2D eigenvalue weighted by Gasteiger charge is -2.17. The predicted octanol–water partition coefficient (Wildman–Crippen LogP) is 1.57. The Morgan fingerprint density at radius 3 is 2.82 bits per heavy atom. The number of carboxylic acid groups (broad SMARTS) is 1. The second kappa shape index (κ2) is 4.16. The van der Waals surface area contributed by atoms with Crippen molar-refractivity contribution in [2.75, 3.05) is 11.4 Å². The molecule has 0 bridgehead atoms. The number of rotatable bonds is 2. The Bertz CT molecular complexity index is 487. The molecule has 1 aliphatic heterocycles. The molecule has 1 unspecified atom stereocenters. The molecule has 1 aromatic rings. The van der Waals surface area contributed by atoms with Crippen LogP contribution in [0, 0.1) is 18.7 Å². The molecule has 1 fully saturated rings. The van der Waals surface area contributed by atoms with E-state index < -0.39 is 17.7 Å². The zero-order valence-electron chi connectivity index (χ0n) is 9.31. The lowest BCUT2D eigenvalue weighted by Crippen LogP contribution is -2.26. The number of halogens is 1. The monoisotopic (exact) mass is 237 g/mol. The van der Waals surface area contributed by atoms with Crippen LogP contribution in [0.2, 0.25) is 0 Å². The Balaban J connectivity index is 2.32. The number of aliphatic carboxylic acids is 1. The topological polar surface area (TPSA) is 57.6 Å². The molecule has 1 amide bonds. The minimum atomic E-state index is -1.02. The molecule has 0 aromatic heterocycles. The highest BCUT2D eigenvalue weighted by atomic mass is 19.1. The molecule has 0 saturated carbocycles. The van der Waals surface area contributed by atoms with Gasteiger partial charge in [0.2, 0.25) is 5.91 Å². The molecule has 1 N–H and O–H groups in total. The zero-order valence-corrected chi connectivity index (χ0v) is 9.31. The molecule has 1 heterocycles. The summed E-state index contributed by atoms with van der Waals surface area (Å²) in [5.41, 5.74) is 0.992. The summed E-state index contributed by atoms with van der Waals surface area (Å²) in [5, 5.41) is 8.85. The van der Waals surface area contributed by atoms with Crippen LogP contribution in [-0.2, 0) is 9.59 Å². The van der Waals surface area contributed by atoms with E-state index in [4.69, 9.17) is 5.11 Å². The van der Waals surface area contributed by atoms with Gasteiger partial charge in [-0.3, -0.25) is 9.59 Å². The molecule has 0 radical (unpaired) electrons. The third kappa shape index (κ3) is 2.13. The first-order chi connectivity index (χ1) is 7.99. The van der Waals surface area contributed by atoms with Gasteiger partial charge >= 0.3 is 5.97 Å². The molecule has 1 aliphatic rings. The van der Waals surface area contributed by atoms with Crippen molar-refractivity contribution in [3.63, 3.8) is 0 Å². The van der Waals surface area contributed by atoms with Gasteiger partial charge in [0, 0.05) is 13.0 Å². The summed E-state index contributed by atoms with van der Waals surface area (Å²) in [6.45, 7) is 1.83. The third-order valence-electron chi connectivity index (χ3n) is 2.87.